The first-order valence-corrected chi connectivity index (χ1v) is 29.3. The van der Waals surface area contributed by atoms with Crippen molar-refractivity contribution in [3.63, 3.8) is 0 Å². The molecular weight excluding hydrogens is 1000 g/mol. The fourth-order valence-corrected chi connectivity index (χ4v) is 17.0. The third-order valence-corrected chi connectivity index (χ3v) is 20.3. The number of fused-ring (bicyclic) bond motifs is 24. The third kappa shape index (κ3) is 5.86. The van der Waals surface area contributed by atoms with E-state index in [2.05, 4.69) is 289 Å². The fourth-order valence-electron chi connectivity index (χ4n) is 14.9. The van der Waals surface area contributed by atoms with Crippen LogP contribution in [0.3, 0.4) is 0 Å². The van der Waals surface area contributed by atoms with Crippen molar-refractivity contribution in [1.82, 2.24) is 0 Å². The Morgan fingerprint density at radius 3 is 0.838 bits per heavy atom. The lowest BCUT2D eigenvalue weighted by molar-refractivity contribution is 0.793. The van der Waals surface area contributed by atoms with E-state index in [1.807, 2.05) is 23.5 Å². The van der Waals surface area contributed by atoms with Crippen LogP contribution in [0.4, 0.5) is 34.1 Å². The quantitative estimate of drug-likeness (QED) is 0.162. The number of anilines is 6. The lowest BCUT2D eigenvalue weighted by atomic mass is 9.70. The summed E-state index contributed by atoms with van der Waals surface area (Å²) in [5.74, 6) is 0. The predicted molar refractivity (Wildman–Crippen MR) is 332 cm³/mol. The van der Waals surface area contributed by atoms with E-state index < -0.39 is 10.8 Å². The van der Waals surface area contributed by atoms with Gasteiger partial charge in [0.25, 0.3) is 0 Å². The minimum Gasteiger partial charge on any atom is -0.308 e. The zero-order valence-electron chi connectivity index (χ0n) is 43.3. The Morgan fingerprint density at radius 1 is 0.237 bits per heavy atom. The molecule has 12 aromatic rings. The zero-order valence-corrected chi connectivity index (χ0v) is 44.9. The molecule has 0 bridgehead atoms. The minimum atomic E-state index is -0.522. The average Bonchev–Trinajstić information content (AvgIpc) is 4.39. The molecule has 4 aliphatic carbocycles. The maximum absolute atomic E-state index is 2.51. The van der Waals surface area contributed by atoms with Crippen molar-refractivity contribution in [2.75, 3.05) is 9.80 Å². The molecule has 6 aliphatic rings. The highest BCUT2D eigenvalue weighted by Crippen LogP contribution is 2.66. The highest BCUT2D eigenvalue weighted by Gasteiger charge is 2.54. The molecule has 0 aromatic heterocycles. The van der Waals surface area contributed by atoms with Gasteiger partial charge in [0.1, 0.15) is 0 Å². The number of para-hydroxylation sites is 4. The summed E-state index contributed by atoms with van der Waals surface area (Å²) >= 11 is 3.71. The van der Waals surface area contributed by atoms with Gasteiger partial charge in [-0.05, 0) is 185 Å². The van der Waals surface area contributed by atoms with Gasteiger partial charge in [-0.1, -0.05) is 218 Å². The van der Waals surface area contributed by atoms with Crippen LogP contribution in [0.15, 0.2) is 287 Å². The second-order valence-electron chi connectivity index (χ2n) is 21.8. The Labute approximate surface area is 474 Å². The lowest BCUT2D eigenvalue weighted by Crippen LogP contribution is -2.26. The maximum Gasteiger partial charge on any atom is 0.0726 e. The molecule has 0 fully saturated rings. The summed E-state index contributed by atoms with van der Waals surface area (Å²) in [6, 6.07) is 101. The lowest BCUT2D eigenvalue weighted by Gasteiger charge is -2.35. The molecule has 2 heterocycles. The van der Waals surface area contributed by atoms with Gasteiger partial charge in [0, 0.05) is 31.0 Å². The monoisotopic (exact) mass is 1050 g/mol. The summed E-state index contributed by atoms with van der Waals surface area (Å²) in [5.41, 5.74) is 29.5. The van der Waals surface area contributed by atoms with Crippen LogP contribution in [-0.4, -0.2) is 0 Å². The molecule has 0 atom stereocenters. The molecule has 2 aliphatic heterocycles. The molecule has 0 radical (unpaired) electrons. The third-order valence-electron chi connectivity index (χ3n) is 18.0. The topological polar surface area (TPSA) is 6.48 Å². The Morgan fingerprint density at radius 2 is 0.500 bits per heavy atom. The smallest absolute Gasteiger partial charge is 0.0726 e. The van der Waals surface area contributed by atoms with E-state index in [-0.39, 0.29) is 0 Å². The predicted octanol–water partition coefficient (Wildman–Crippen LogP) is 20.4. The van der Waals surface area contributed by atoms with Crippen LogP contribution in [-0.2, 0) is 10.8 Å². The van der Waals surface area contributed by atoms with Crippen LogP contribution >= 0.6 is 23.5 Å². The molecule has 2 spiro atoms. The van der Waals surface area contributed by atoms with Gasteiger partial charge in [0.15, 0.2) is 0 Å². The van der Waals surface area contributed by atoms with E-state index in [1.54, 1.807) is 0 Å². The van der Waals surface area contributed by atoms with Crippen molar-refractivity contribution in [2.45, 2.75) is 30.4 Å². The summed E-state index contributed by atoms with van der Waals surface area (Å²) in [6.45, 7) is 0. The largest absolute Gasteiger partial charge is 0.308 e. The Balaban J connectivity index is 0.794. The number of rotatable bonds is 4. The van der Waals surface area contributed by atoms with Crippen LogP contribution in [0.2, 0.25) is 0 Å². The molecule has 0 unspecified atom stereocenters. The van der Waals surface area contributed by atoms with Gasteiger partial charge >= 0.3 is 0 Å². The van der Waals surface area contributed by atoms with Crippen molar-refractivity contribution in [3.05, 3.63) is 323 Å². The van der Waals surface area contributed by atoms with Gasteiger partial charge < -0.3 is 9.80 Å². The number of hydrogen-bond donors (Lipinski definition) is 0. The molecule has 2 nitrogen and oxygen atoms in total. The zero-order chi connectivity index (χ0) is 52.3. The van der Waals surface area contributed by atoms with E-state index in [9.17, 15) is 0 Å². The Kier molecular flexibility index (Phi) is 9.27. The standard InChI is InChI=1S/C76H46N2S2/c1-5-21-59-51(17-1)52-18-2-6-22-60(52)75(59)63-43-47(35-39-55(63)57-41-37-49(45-65(57)75)77-67-25-9-13-29-71(67)79-72-30-14-10-26-68(72)77)33-34-48-36-40-56-58-42-38-50(78-69-27-11-15-31-73(69)80-74-32-16-12-28-70(74)78)46-66(58)76(64(56)44-48)61-23-7-3-19-53(61)54-20-4-8-24-62(54)76/h1-46H/b34-33+. The van der Waals surface area contributed by atoms with Gasteiger partial charge in [-0.3, -0.25) is 0 Å². The first kappa shape index (κ1) is 44.6. The SMILES string of the molecule is C(=C\c1ccc2c(c1)C1(c3ccccc3-c3ccccc31)c1cc(N3c4ccccc4Sc4ccccc43)ccc1-2)/c1ccc2c(c1)C1(c3ccccc3-c3ccccc31)c1cc(N3c4ccccc4Sc4ccccc43)ccc1-2. The molecule has 4 heteroatoms. The molecule has 0 N–H and O–H groups in total. The first-order chi connectivity index (χ1) is 39.7. The van der Waals surface area contributed by atoms with E-state index in [0.717, 1.165) is 0 Å². The first-order valence-electron chi connectivity index (χ1n) is 27.6. The summed E-state index contributed by atoms with van der Waals surface area (Å²) in [6.07, 6.45) is 4.70. The molecule has 12 aromatic carbocycles. The van der Waals surface area contributed by atoms with Crippen molar-refractivity contribution < 1.29 is 0 Å². The van der Waals surface area contributed by atoms with Gasteiger partial charge in [0.05, 0.1) is 33.6 Å². The van der Waals surface area contributed by atoms with Crippen LogP contribution in [0, 0.1) is 0 Å². The van der Waals surface area contributed by atoms with Crippen LogP contribution in [0.25, 0.3) is 56.7 Å². The number of hydrogen-bond acceptors (Lipinski definition) is 4. The Bertz CT molecular complexity index is 4240. The summed E-state index contributed by atoms with van der Waals surface area (Å²) in [5, 5.41) is 0. The molecule has 18 rings (SSSR count). The molecule has 372 valence electrons. The summed E-state index contributed by atoms with van der Waals surface area (Å²) < 4.78 is 0. The molecule has 80 heavy (non-hydrogen) atoms. The van der Waals surface area contributed by atoms with Gasteiger partial charge in [-0.25, -0.2) is 0 Å². The van der Waals surface area contributed by atoms with Crippen LogP contribution < -0.4 is 9.80 Å². The minimum absolute atomic E-state index is 0.522. The highest BCUT2D eigenvalue weighted by atomic mass is 32.2. The number of nitrogens with zero attached hydrogens (tertiary/aromatic N) is 2. The second kappa shape index (κ2) is 16.6. The summed E-state index contributed by atoms with van der Waals surface area (Å²) in [7, 11) is 0. The summed E-state index contributed by atoms with van der Waals surface area (Å²) in [4.78, 5) is 10.0. The van der Waals surface area contributed by atoms with Crippen molar-refractivity contribution >= 4 is 69.8 Å². The molecule has 0 amide bonds. The van der Waals surface area contributed by atoms with E-state index in [1.165, 1.54) is 154 Å². The van der Waals surface area contributed by atoms with Crippen molar-refractivity contribution in [3.8, 4) is 44.5 Å². The van der Waals surface area contributed by atoms with Crippen LogP contribution in [0.1, 0.15) is 55.6 Å². The van der Waals surface area contributed by atoms with Crippen molar-refractivity contribution in [2.24, 2.45) is 0 Å². The Hall–Kier alpha value is -9.32. The molecule has 0 saturated carbocycles. The average molecular weight is 1050 g/mol. The van der Waals surface area contributed by atoms with Gasteiger partial charge in [0.2, 0.25) is 0 Å². The number of benzene rings is 12. The van der Waals surface area contributed by atoms with Gasteiger partial charge in [-0.2, -0.15) is 0 Å². The maximum atomic E-state index is 2.51. The van der Waals surface area contributed by atoms with E-state index in [4.69, 9.17) is 0 Å². The van der Waals surface area contributed by atoms with Crippen LogP contribution in [0.5, 0.6) is 0 Å². The highest BCUT2D eigenvalue weighted by molar-refractivity contribution is 8.00. The normalized spacial score (nSPS) is 15.0. The van der Waals surface area contributed by atoms with Crippen molar-refractivity contribution in [1.29, 1.82) is 0 Å². The molecular formula is C76H46N2S2. The second-order valence-corrected chi connectivity index (χ2v) is 24.0. The van der Waals surface area contributed by atoms with Gasteiger partial charge in [-0.15, -0.1) is 0 Å². The molecule has 0 saturated heterocycles. The van der Waals surface area contributed by atoms with E-state index in [0.29, 0.717) is 0 Å². The van der Waals surface area contributed by atoms with E-state index >= 15 is 0 Å². The fraction of sp³-hybridized carbons (Fsp3) is 0.0263.